The molecule has 0 radical (unpaired) electrons. The Morgan fingerprint density at radius 1 is 1.55 bits per heavy atom. The van der Waals surface area contributed by atoms with Crippen LogP contribution < -0.4 is 0 Å². The molecular weight excluding hydrogens is 138 g/mol. The van der Waals surface area contributed by atoms with Gasteiger partial charge in [-0.25, -0.2) is 0 Å². The zero-order valence-electron chi connectivity index (χ0n) is 6.70. The van der Waals surface area contributed by atoms with Crippen molar-refractivity contribution in [3.63, 3.8) is 0 Å². The fraction of sp³-hybridized carbons (Fsp3) is 0.222. The molecule has 0 unspecified atom stereocenters. The smallest absolute Gasteiger partial charge is 0.0913 e. The quantitative estimate of drug-likeness (QED) is 0.621. The molecule has 0 amide bonds. The molecule has 0 fully saturated rings. The van der Waals surface area contributed by atoms with Gasteiger partial charge in [-0.15, -0.1) is 0 Å². The minimum absolute atomic E-state index is 0.281. The van der Waals surface area contributed by atoms with E-state index in [0.717, 1.165) is 11.4 Å². The molecule has 11 heavy (non-hydrogen) atoms. The maximum Gasteiger partial charge on any atom is 0.0913 e. The summed E-state index contributed by atoms with van der Waals surface area (Å²) in [5, 5.41) is 8.92. The Balaban J connectivity index is 2.97. The predicted octanol–water partition coefficient (Wildman–Crippen LogP) is 2.31. The van der Waals surface area contributed by atoms with Crippen LogP contribution in [0.25, 0.3) is 6.08 Å². The van der Waals surface area contributed by atoms with Crippen LogP contribution in [0.4, 0.5) is 0 Å². The van der Waals surface area contributed by atoms with Crippen molar-refractivity contribution in [2.45, 2.75) is 13.8 Å². The Morgan fingerprint density at radius 2 is 2.27 bits per heavy atom. The van der Waals surface area contributed by atoms with Crippen LogP contribution in [0.15, 0.2) is 24.0 Å². The normalized spacial score (nSPS) is 11.6. The molecule has 0 aliphatic rings. The number of rotatable bonds is 1. The number of pyridine rings is 1. The van der Waals surface area contributed by atoms with E-state index in [1.54, 1.807) is 13.0 Å². The van der Waals surface area contributed by atoms with Crippen LogP contribution in [0.3, 0.4) is 0 Å². The monoisotopic (exact) mass is 149 g/mol. The van der Waals surface area contributed by atoms with E-state index < -0.39 is 0 Å². The van der Waals surface area contributed by atoms with E-state index in [4.69, 9.17) is 5.11 Å². The molecule has 0 saturated carbocycles. The number of hydrogen-bond acceptors (Lipinski definition) is 2. The lowest BCUT2D eigenvalue weighted by atomic mass is 10.3. The Morgan fingerprint density at radius 3 is 2.82 bits per heavy atom. The maximum absolute atomic E-state index is 8.92. The first-order chi connectivity index (χ1) is 5.18. The van der Waals surface area contributed by atoms with Crippen LogP contribution in [0.1, 0.15) is 18.3 Å². The van der Waals surface area contributed by atoms with E-state index in [1.807, 2.05) is 25.1 Å². The summed E-state index contributed by atoms with van der Waals surface area (Å²) in [6.07, 6.45) is 1.63. The standard InChI is InChI=1S/C9H11NO/c1-7-4-3-5-9(10-7)6-8(2)11/h3-6,11H,1-2H3/b8-6+. The van der Waals surface area contributed by atoms with E-state index in [2.05, 4.69) is 4.98 Å². The second-order valence-electron chi connectivity index (χ2n) is 2.49. The fourth-order valence-electron chi connectivity index (χ4n) is 0.859. The van der Waals surface area contributed by atoms with Crippen LogP contribution in [-0.4, -0.2) is 10.1 Å². The van der Waals surface area contributed by atoms with Gasteiger partial charge in [0.1, 0.15) is 0 Å². The molecule has 0 bridgehead atoms. The molecule has 0 saturated heterocycles. The van der Waals surface area contributed by atoms with E-state index in [1.165, 1.54) is 0 Å². The van der Waals surface area contributed by atoms with Gasteiger partial charge in [0.15, 0.2) is 0 Å². The highest BCUT2D eigenvalue weighted by Gasteiger charge is 1.89. The number of allylic oxidation sites excluding steroid dienone is 1. The fourth-order valence-corrected chi connectivity index (χ4v) is 0.859. The molecule has 1 N–H and O–H groups in total. The van der Waals surface area contributed by atoms with Gasteiger partial charge in [0.2, 0.25) is 0 Å². The zero-order chi connectivity index (χ0) is 8.27. The highest BCUT2D eigenvalue weighted by atomic mass is 16.3. The Labute approximate surface area is 66.2 Å². The minimum atomic E-state index is 0.281. The third-order valence-corrected chi connectivity index (χ3v) is 1.27. The Hall–Kier alpha value is -1.31. The Kier molecular flexibility index (Phi) is 2.26. The lowest BCUT2D eigenvalue weighted by Gasteiger charge is -1.94. The van der Waals surface area contributed by atoms with E-state index in [-0.39, 0.29) is 5.76 Å². The molecular formula is C9H11NO. The van der Waals surface area contributed by atoms with Crippen LogP contribution in [0, 0.1) is 6.92 Å². The molecule has 1 aromatic heterocycles. The average molecular weight is 149 g/mol. The lowest BCUT2D eigenvalue weighted by Crippen LogP contribution is -1.84. The van der Waals surface area contributed by atoms with Crippen molar-refractivity contribution in [1.29, 1.82) is 0 Å². The first-order valence-corrected chi connectivity index (χ1v) is 3.49. The van der Waals surface area contributed by atoms with Crippen LogP contribution in [0.2, 0.25) is 0 Å². The van der Waals surface area contributed by atoms with Crippen LogP contribution >= 0.6 is 0 Å². The van der Waals surface area contributed by atoms with Gasteiger partial charge in [-0.05, 0) is 26.0 Å². The molecule has 2 nitrogen and oxygen atoms in total. The van der Waals surface area contributed by atoms with Gasteiger partial charge in [0.05, 0.1) is 11.5 Å². The van der Waals surface area contributed by atoms with Gasteiger partial charge < -0.3 is 5.11 Å². The molecule has 58 valence electrons. The van der Waals surface area contributed by atoms with Crippen molar-refractivity contribution in [3.05, 3.63) is 35.3 Å². The van der Waals surface area contributed by atoms with Gasteiger partial charge in [0.25, 0.3) is 0 Å². The molecule has 1 heterocycles. The SMILES string of the molecule is C/C(O)=C\c1cccc(C)n1. The highest BCUT2D eigenvalue weighted by molar-refractivity contribution is 5.45. The topological polar surface area (TPSA) is 33.1 Å². The maximum atomic E-state index is 8.92. The molecule has 0 aliphatic carbocycles. The third kappa shape index (κ3) is 2.42. The summed E-state index contributed by atoms with van der Waals surface area (Å²) in [5.74, 6) is 0.281. The molecule has 0 aliphatic heterocycles. The third-order valence-electron chi connectivity index (χ3n) is 1.27. The van der Waals surface area contributed by atoms with Crippen molar-refractivity contribution >= 4 is 6.08 Å². The molecule has 0 aromatic carbocycles. The summed E-state index contributed by atoms with van der Waals surface area (Å²) in [6, 6.07) is 5.69. The number of aryl methyl sites for hydroxylation is 1. The van der Waals surface area contributed by atoms with Crippen LogP contribution in [0.5, 0.6) is 0 Å². The van der Waals surface area contributed by atoms with Crippen molar-refractivity contribution in [2.75, 3.05) is 0 Å². The molecule has 2 heteroatoms. The predicted molar refractivity (Wildman–Crippen MR) is 45.3 cm³/mol. The summed E-state index contributed by atoms with van der Waals surface area (Å²) in [6.45, 7) is 3.55. The first kappa shape index (κ1) is 7.79. The van der Waals surface area contributed by atoms with Gasteiger partial charge in [-0.1, -0.05) is 6.07 Å². The number of aliphatic hydroxyl groups is 1. The van der Waals surface area contributed by atoms with E-state index in [0.29, 0.717) is 0 Å². The average Bonchev–Trinajstić information content (AvgIpc) is 1.85. The van der Waals surface area contributed by atoms with Crippen molar-refractivity contribution < 1.29 is 5.11 Å². The summed E-state index contributed by atoms with van der Waals surface area (Å²) in [5.41, 5.74) is 1.75. The second-order valence-corrected chi connectivity index (χ2v) is 2.49. The van der Waals surface area contributed by atoms with E-state index in [9.17, 15) is 0 Å². The molecule has 0 spiro atoms. The summed E-state index contributed by atoms with van der Waals surface area (Å²) in [4.78, 5) is 4.18. The number of aliphatic hydroxyl groups excluding tert-OH is 1. The largest absolute Gasteiger partial charge is 0.513 e. The van der Waals surface area contributed by atoms with Crippen LogP contribution in [-0.2, 0) is 0 Å². The van der Waals surface area contributed by atoms with Gasteiger partial charge in [0, 0.05) is 11.8 Å². The number of aromatic nitrogens is 1. The van der Waals surface area contributed by atoms with Crippen molar-refractivity contribution in [2.24, 2.45) is 0 Å². The number of hydrogen-bond donors (Lipinski definition) is 1. The van der Waals surface area contributed by atoms with Crippen molar-refractivity contribution in [3.8, 4) is 0 Å². The lowest BCUT2D eigenvalue weighted by molar-refractivity contribution is 0.419. The summed E-state index contributed by atoms with van der Waals surface area (Å²) < 4.78 is 0. The van der Waals surface area contributed by atoms with Gasteiger partial charge in [-0.3, -0.25) is 4.98 Å². The second kappa shape index (κ2) is 3.19. The van der Waals surface area contributed by atoms with Gasteiger partial charge in [-0.2, -0.15) is 0 Å². The van der Waals surface area contributed by atoms with Crippen molar-refractivity contribution in [1.82, 2.24) is 4.98 Å². The number of nitrogens with zero attached hydrogens (tertiary/aromatic N) is 1. The zero-order valence-corrected chi connectivity index (χ0v) is 6.70. The molecule has 1 aromatic rings. The highest BCUT2D eigenvalue weighted by Crippen LogP contribution is 2.02. The Bertz CT molecular complexity index is 275. The van der Waals surface area contributed by atoms with Gasteiger partial charge >= 0.3 is 0 Å². The van der Waals surface area contributed by atoms with E-state index >= 15 is 0 Å². The molecule has 0 atom stereocenters. The summed E-state index contributed by atoms with van der Waals surface area (Å²) in [7, 11) is 0. The minimum Gasteiger partial charge on any atom is -0.513 e. The molecule has 1 rings (SSSR count). The summed E-state index contributed by atoms with van der Waals surface area (Å²) >= 11 is 0. The first-order valence-electron chi connectivity index (χ1n) is 3.49.